The average Bonchev–Trinajstić information content (AvgIpc) is 2.46. The van der Waals surface area contributed by atoms with E-state index in [0.717, 1.165) is 0 Å². The lowest BCUT2D eigenvalue weighted by molar-refractivity contribution is -0.128. The van der Waals surface area contributed by atoms with Gasteiger partial charge in [0.2, 0.25) is 5.91 Å². The zero-order chi connectivity index (χ0) is 11.9. The predicted molar refractivity (Wildman–Crippen MR) is 64.0 cm³/mol. The number of aryl methyl sites for hydroxylation is 2. The molecular weight excluding hydrogens is 200 g/mol. The molecule has 1 amide bonds. The third-order valence-corrected chi connectivity index (χ3v) is 3.23. The maximum Gasteiger partial charge on any atom is 0.240 e. The maximum atomic E-state index is 11.7. The highest BCUT2D eigenvalue weighted by atomic mass is 16.2. The molecule has 0 aliphatic carbocycles. The Morgan fingerprint density at radius 2 is 2.00 bits per heavy atom. The van der Waals surface area contributed by atoms with Gasteiger partial charge in [-0.15, -0.1) is 0 Å². The minimum atomic E-state index is -0.0873. The summed E-state index contributed by atoms with van der Waals surface area (Å²) in [5, 5.41) is 3.31. The Balaban J connectivity index is 2.35. The normalized spacial score (nSPS) is 25.2. The van der Waals surface area contributed by atoms with Crippen LogP contribution in [0.4, 0.5) is 0 Å². The standard InChI is InChI=1S/C13H18N2O/c1-8-5-6-11(9(2)7-8)12-14-10(3)13(16)15(12)4/h5-7,10,12,14H,1-4H3. The van der Waals surface area contributed by atoms with E-state index in [1.54, 1.807) is 4.90 Å². The van der Waals surface area contributed by atoms with Gasteiger partial charge in [-0.3, -0.25) is 10.1 Å². The van der Waals surface area contributed by atoms with Crippen LogP contribution in [0.15, 0.2) is 18.2 Å². The van der Waals surface area contributed by atoms with Crippen molar-refractivity contribution in [3.63, 3.8) is 0 Å². The molecule has 1 aromatic rings. The predicted octanol–water partition coefficient (Wildman–Crippen LogP) is 1.75. The van der Waals surface area contributed by atoms with Crippen LogP contribution in [0.1, 0.15) is 29.8 Å². The fourth-order valence-electron chi connectivity index (χ4n) is 2.28. The van der Waals surface area contributed by atoms with Crippen molar-refractivity contribution in [1.82, 2.24) is 10.2 Å². The molecule has 0 aromatic heterocycles. The van der Waals surface area contributed by atoms with Crippen LogP contribution in [0.2, 0.25) is 0 Å². The highest BCUT2D eigenvalue weighted by Gasteiger charge is 2.34. The van der Waals surface area contributed by atoms with Gasteiger partial charge >= 0.3 is 0 Å². The monoisotopic (exact) mass is 218 g/mol. The van der Waals surface area contributed by atoms with Crippen molar-refractivity contribution in [3.05, 3.63) is 34.9 Å². The van der Waals surface area contributed by atoms with Gasteiger partial charge < -0.3 is 4.90 Å². The number of carbonyl (C=O) groups is 1. The van der Waals surface area contributed by atoms with Gasteiger partial charge in [0.15, 0.2) is 0 Å². The molecule has 16 heavy (non-hydrogen) atoms. The lowest BCUT2D eigenvalue weighted by Crippen LogP contribution is -2.26. The summed E-state index contributed by atoms with van der Waals surface area (Å²) in [5.41, 5.74) is 3.67. The Morgan fingerprint density at radius 3 is 2.50 bits per heavy atom. The number of nitrogens with one attached hydrogen (secondary N) is 1. The summed E-state index contributed by atoms with van der Waals surface area (Å²) >= 11 is 0. The lowest BCUT2D eigenvalue weighted by atomic mass is 10.0. The molecule has 1 fully saturated rings. The maximum absolute atomic E-state index is 11.7. The highest BCUT2D eigenvalue weighted by Crippen LogP contribution is 2.26. The molecule has 1 aliphatic rings. The number of hydrogen-bond donors (Lipinski definition) is 1. The minimum absolute atomic E-state index is 0.0168. The van der Waals surface area contributed by atoms with Crippen LogP contribution in [0.3, 0.4) is 0 Å². The number of hydrogen-bond acceptors (Lipinski definition) is 2. The molecule has 0 radical (unpaired) electrons. The van der Waals surface area contributed by atoms with Crippen molar-refractivity contribution in [3.8, 4) is 0 Å². The summed E-state index contributed by atoms with van der Waals surface area (Å²) < 4.78 is 0. The van der Waals surface area contributed by atoms with Gasteiger partial charge in [0.1, 0.15) is 6.17 Å². The largest absolute Gasteiger partial charge is 0.325 e. The summed E-state index contributed by atoms with van der Waals surface area (Å²) in [6, 6.07) is 6.25. The molecule has 2 atom stereocenters. The number of amides is 1. The first-order valence-electron chi connectivity index (χ1n) is 5.60. The van der Waals surface area contributed by atoms with E-state index in [9.17, 15) is 4.79 Å². The van der Waals surface area contributed by atoms with Crippen molar-refractivity contribution in [2.75, 3.05) is 7.05 Å². The molecule has 86 valence electrons. The van der Waals surface area contributed by atoms with E-state index in [1.165, 1.54) is 16.7 Å². The van der Waals surface area contributed by atoms with Gasteiger partial charge in [-0.2, -0.15) is 0 Å². The first-order chi connectivity index (χ1) is 7.50. The molecule has 1 aromatic carbocycles. The van der Waals surface area contributed by atoms with Gasteiger partial charge in [0.25, 0.3) is 0 Å². The van der Waals surface area contributed by atoms with Crippen molar-refractivity contribution < 1.29 is 4.79 Å². The molecule has 3 heteroatoms. The van der Waals surface area contributed by atoms with E-state index in [4.69, 9.17) is 0 Å². The summed E-state index contributed by atoms with van der Waals surface area (Å²) in [7, 11) is 1.85. The Kier molecular flexibility index (Phi) is 2.72. The molecule has 1 aliphatic heterocycles. The zero-order valence-electron chi connectivity index (χ0n) is 10.2. The quantitative estimate of drug-likeness (QED) is 0.779. The second-order valence-electron chi connectivity index (χ2n) is 4.60. The number of benzene rings is 1. The molecule has 0 saturated carbocycles. The molecule has 2 rings (SSSR count). The smallest absolute Gasteiger partial charge is 0.240 e. The molecule has 2 unspecified atom stereocenters. The Labute approximate surface area is 96.5 Å². The van der Waals surface area contributed by atoms with E-state index >= 15 is 0 Å². The Hall–Kier alpha value is -1.35. The van der Waals surface area contributed by atoms with E-state index in [1.807, 2.05) is 14.0 Å². The van der Waals surface area contributed by atoms with E-state index < -0.39 is 0 Å². The Bertz CT molecular complexity index is 428. The van der Waals surface area contributed by atoms with Crippen LogP contribution in [-0.2, 0) is 4.79 Å². The third kappa shape index (κ3) is 1.71. The van der Waals surface area contributed by atoms with Crippen molar-refractivity contribution >= 4 is 5.91 Å². The van der Waals surface area contributed by atoms with Crippen molar-refractivity contribution in [2.24, 2.45) is 0 Å². The molecule has 0 bridgehead atoms. The second-order valence-corrected chi connectivity index (χ2v) is 4.60. The highest BCUT2D eigenvalue weighted by molar-refractivity contribution is 5.83. The van der Waals surface area contributed by atoms with Crippen LogP contribution in [0, 0.1) is 13.8 Å². The SMILES string of the molecule is Cc1ccc(C2NC(C)C(=O)N2C)c(C)c1. The fourth-order valence-corrected chi connectivity index (χ4v) is 2.28. The van der Waals surface area contributed by atoms with Gasteiger partial charge in [0.05, 0.1) is 6.04 Å². The first kappa shape index (κ1) is 11.1. The average molecular weight is 218 g/mol. The fraction of sp³-hybridized carbons (Fsp3) is 0.462. The van der Waals surface area contributed by atoms with E-state index in [0.29, 0.717) is 0 Å². The van der Waals surface area contributed by atoms with E-state index in [-0.39, 0.29) is 18.1 Å². The number of likely N-dealkylation sites (N-methyl/N-ethyl adjacent to an activating group) is 1. The number of rotatable bonds is 1. The molecule has 1 N–H and O–H groups in total. The minimum Gasteiger partial charge on any atom is -0.325 e. The van der Waals surface area contributed by atoms with Crippen LogP contribution < -0.4 is 5.32 Å². The summed E-state index contributed by atoms with van der Waals surface area (Å²) in [6.45, 7) is 6.07. The summed E-state index contributed by atoms with van der Waals surface area (Å²) in [5.74, 6) is 0.157. The van der Waals surface area contributed by atoms with Crippen molar-refractivity contribution in [1.29, 1.82) is 0 Å². The number of carbonyl (C=O) groups excluding carboxylic acids is 1. The topological polar surface area (TPSA) is 32.3 Å². The van der Waals surface area contributed by atoms with Crippen LogP contribution in [-0.4, -0.2) is 23.9 Å². The summed E-state index contributed by atoms with van der Waals surface area (Å²) in [6.07, 6.45) is 0.0168. The van der Waals surface area contributed by atoms with E-state index in [2.05, 4.69) is 37.4 Å². The molecule has 1 saturated heterocycles. The van der Waals surface area contributed by atoms with Gasteiger partial charge in [0, 0.05) is 7.05 Å². The van der Waals surface area contributed by atoms with Gasteiger partial charge in [-0.25, -0.2) is 0 Å². The second kappa shape index (κ2) is 3.91. The summed E-state index contributed by atoms with van der Waals surface area (Å²) in [4.78, 5) is 13.5. The molecule has 0 spiro atoms. The van der Waals surface area contributed by atoms with Crippen LogP contribution in [0.5, 0.6) is 0 Å². The third-order valence-electron chi connectivity index (χ3n) is 3.23. The molecule has 3 nitrogen and oxygen atoms in total. The number of nitrogens with zero attached hydrogens (tertiary/aromatic N) is 1. The zero-order valence-corrected chi connectivity index (χ0v) is 10.2. The van der Waals surface area contributed by atoms with Gasteiger partial charge in [-0.05, 0) is 31.9 Å². The molecular formula is C13H18N2O. The lowest BCUT2D eigenvalue weighted by Gasteiger charge is -2.21. The van der Waals surface area contributed by atoms with Crippen LogP contribution >= 0.6 is 0 Å². The molecule has 1 heterocycles. The first-order valence-corrected chi connectivity index (χ1v) is 5.60. The van der Waals surface area contributed by atoms with Crippen LogP contribution in [0.25, 0.3) is 0 Å². The van der Waals surface area contributed by atoms with Crippen molar-refractivity contribution in [2.45, 2.75) is 33.0 Å². The van der Waals surface area contributed by atoms with Gasteiger partial charge in [-0.1, -0.05) is 23.8 Å². The Morgan fingerprint density at radius 1 is 1.31 bits per heavy atom.